The van der Waals surface area contributed by atoms with Gasteiger partial charge in [0.2, 0.25) is 5.52 Å². The molecule has 166 valence electrons. The van der Waals surface area contributed by atoms with Crippen LogP contribution in [0, 0.1) is 16.0 Å². The molecule has 2 fully saturated rings. The Labute approximate surface area is 182 Å². The van der Waals surface area contributed by atoms with Crippen molar-refractivity contribution in [1.29, 1.82) is 0 Å². The lowest BCUT2D eigenvalue weighted by Gasteiger charge is -2.44. The summed E-state index contributed by atoms with van der Waals surface area (Å²) in [6, 6.07) is 7.30. The molecular weight excluding hydrogens is 416 g/mol. The number of anilines is 2. The molecule has 2 bridgehead atoms. The van der Waals surface area contributed by atoms with Gasteiger partial charge in [0.15, 0.2) is 5.52 Å². The fraction of sp³-hybridized carbons (Fsp3) is 0.476. The Bertz CT molecular complexity index is 1260. The highest BCUT2D eigenvalue weighted by Gasteiger charge is 2.37. The minimum atomic E-state index is -0.408. The number of morpholine rings is 1. The molecular formula is C21H22N6O5. The average molecular weight is 438 g/mol. The maximum Gasteiger partial charge on any atom is 0.323 e. The Balaban J connectivity index is 1.46. The molecule has 0 spiro atoms. The Kier molecular flexibility index (Phi) is 4.39. The molecule has 2 unspecified atom stereocenters. The van der Waals surface area contributed by atoms with Crippen LogP contribution in [-0.2, 0) is 11.3 Å². The first kappa shape index (κ1) is 19.2. The highest BCUT2D eigenvalue weighted by molar-refractivity contribution is 6.00. The lowest BCUT2D eigenvalue weighted by molar-refractivity contribution is -0.382. The van der Waals surface area contributed by atoms with Gasteiger partial charge in [-0.25, -0.2) is 4.63 Å². The van der Waals surface area contributed by atoms with Crippen LogP contribution in [0.15, 0.2) is 33.7 Å². The Morgan fingerprint density at radius 3 is 2.66 bits per heavy atom. The first-order valence-electron chi connectivity index (χ1n) is 10.8. The third-order valence-corrected chi connectivity index (χ3v) is 6.83. The molecule has 6 rings (SSSR count). The third kappa shape index (κ3) is 2.95. The maximum absolute atomic E-state index is 12.3. The van der Waals surface area contributed by atoms with Gasteiger partial charge in [0.1, 0.15) is 5.69 Å². The number of aromatic nitrogens is 3. The summed E-state index contributed by atoms with van der Waals surface area (Å²) in [5, 5.41) is 19.9. The number of benzene rings is 1. The second-order valence-electron chi connectivity index (χ2n) is 8.68. The van der Waals surface area contributed by atoms with Crippen molar-refractivity contribution in [1.82, 2.24) is 14.9 Å². The van der Waals surface area contributed by atoms with Gasteiger partial charge in [-0.2, -0.15) is 0 Å². The molecule has 11 heteroatoms. The van der Waals surface area contributed by atoms with E-state index in [1.807, 2.05) is 27.7 Å². The molecule has 1 aromatic carbocycles. The van der Waals surface area contributed by atoms with Gasteiger partial charge in [0.25, 0.3) is 5.56 Å². The standard InChI is InChI=1S/C21H22N6O5/c28-18-3-1-2-15-14-8-13(11-26(15)18)10-25(12-14)16-9-17(24-4-6-31-7-5-24)21(27(29)30)20-19(16)22-32-23-20/h1-3,9,13-14H,4-8,10-12H2. The quantitative estimate of drug-likeness (QED) is 0.445. The van der Waals surface area contributed by atoms with E-state index in [4.69, 9.17) is 9.37 Å². The van der Waals surface area contributed by atoms with Gasteiger partial charge in [0.05, 0.1) is 23.8 Å². The Morgan fingerprint density at radius 2 is 1.84 bits per heavy atom. The number of fused-ring (bicyclic) bond motifs is 5. The molecule has 3 aliphatic heterocycles. The summed E-state index contributed by atoms with van der Waals surface area (Å²) in [4.78, 5) is 28.1. The van der Waals surface area contributed by atoms with E-state index in [9.17, 15) is 14.9 Å². The fourth-order valence-corrected chi connectivity index (χ4v) is 5.46. The summed E-state index contributed by atoms with van der Waals surface area (Å²) in [5.74, 6) is 0.506. The highest BCUT2D eigenvalue weighted by atomic mass is 16.6. The van der Waals surface area contributed by atoms with Crippen molar-refractivity contribution in [3.8, 4) is 0 Å². The molecule has 2 atom stereocenters. The molecule has 2 aromatic heterocycles. The summed E-state index contributed by atoms with van der Waals surface area (Å²) < 4.78 is 12.3. The van der Waals surface area contributed by atoms with Gasteiger partial charge in [0, 0.05) is 50.4 Å². The molecule has 0 aliphatic carbocycles. The first-order valence-corrected chi connectivity index (χ1v) is 10.8. The zero-order chi connectivity index (χ0) is 21.8. The van der Waals surface area contributed by atoms with E-state index in [1.54, 1.807) is 6.07 Å². The number of nitro benzene ring substituents is 1. The highest BCUT2D eigenvalue weighted by Crippen LogP contribution is 2.44. The predicted octanol–water partition coefficient (Wildman–Crippen LogP) is 1.75. The molecule has 32 heavy (non-hydrogen) atoms. The van der Waals surface area contributed by atoms with E-state index < -0.39 is 4.92 Å². The lowest BCUT2D eigenvalue weighted by atomic mass is 9.83. The third-order valence-electron chi connectivity index (χ3n) is 6.83. The molecule has 0 amide bonds. The second kappa shape index (κ2) is 7.30. The summed E-state index contributed by atoms with van der Waals surface area (Å²) in [6.45, 7) is 4.27. The topological polar surface area (TPSA) is 120 Å². The van der Waals surface area contributed by atoms with Crippen molar-refractivity contribution in [2.24, 2.45) is 5.92 Å². The maximum atomic E-state index is 12.3. The van der Waals surface area contributed by atoms with Crippen LogP contribution in [-0.4, -0.2) is 59.2 Å². The Morgan fingerprint density at radius 1 is 1.03 bits per heavy atom. The summed E-state index contributed by atoms with van der Waals surface area (Å²) >= 11 is 0. The average Bonchev–Trinajstić information content (AvgIpc) is 3.28. The van der Waals surface area contributed by atoms with Crippen LogP contribution in [0.2, 0.25) is 0 Å². The minimum Gasteiger partial charge on any atom is -0.378 e. The van der Waals surface area contributed by atoms with Crippen molar-refractivity contribution in [2.45, 2.75) is 18.9 Å². The fourth-order valence-electron chi connectivity index (χ4n) is 5.46. The van der Waals surface area contributed by atoms with Gasteiger partial charge in [-0.05, 0) is 34.8 Å². The second-order valence-corrected chi connectivity index (χ2v) is 8.68. The van der Waals surface area contributed by atoms with E-state index in [0.717, 1.165) is 24.3 Å². The summed E-state index contributed by atoms with van der Waals surface area (Å²) in [6.07, 6.45) is 1.02. The van der Waals surface area contributed by atoms with Crippen LogP contribution in [0.3, 0.4) is 0 Å². The first-order chi connectivity index (χ1) is 15.6. The molecule has 5 heterocycles. The molecule has 0 saturated carbocycles. The summed E-state index contributed by atoms with van der Waals surface area (Å²) in [5.41, 5.74) is 2.88. The molecule has 11 nitrogen and oxygen atoms in total. The molecule has 0 N–H and O–H groups in total. The van der Waals surface area contributed by atoms with Crippen LogP contribution in [0.1, 0.15) is 18.0 Å². The normalized spacial score (nSPS) is 22.8. The van der Waals surface area contributed by atoms with Crippen LogP contribution in [0.5, 0.6) is 0 Å². The molecule has 3 aliphatic rings. The monoisotopic (exact) mass is 438 g/mol. The number of ether oxygens (including phenoxy) is 1. The van der Waals surface area contributed by atoms with Crippen LogP contribution in [0.4, 0.5) is 17.1 Å². The van der Waals surface area contributed by atoms with Gasteiger partial charge in [-0.3, -0.25) is 14.9 Å². The number of nitrogens with zero attached hydrogens (tertiary/aromatic N) is 6. The van der Waals surface area contributed by atoms with E-state index in [2.05, 4.69) is 15.2 Å². The zero-order valence-electron chi connectivity index (χ0n) is 17.3. The number of rotatable bonds is 3. The number of hydrogen-bond acceptors (Lipinski definition) is 9. The SMILES string of the molecule is O=c1cccc2n1CC1CC2CN(c2cc(N3CCOCC3)c([N+](=O)[O-])c3nonc23)C1. The van der Waals surface area contributed by atoms with Gasteiger partial charge in [-0.1, -0.05) is 6.07 Å². The number of pyridine rings is 1. The van der Waals surface area contributed by atoms with Crippen molar-refractivity contribution in [3.63, 3.8) is 0 Å². The van der Waals surface area contributed by atoms with E-state index in [1.165, 1.54) is 0 Å². The smallest absolute Gasteiger partial charge is 0.323 e. The van der Waals surface area contributed by atoms with Crippen molar-refractivity contribution in [3.05, 3.63) is 50.4 Å². The van der Waals surface area contributed by atoms with Crippen molar-refractivity contribution >= 4 is 28.1 Å². The van der Waals surface area contributed by atoms with Crippen LogP contribution >= 0.6 is 0 Å². The number of hydrogen-bond donors (Lipinski definition) is 0. The van der Waals surface area contributed by atoms with Gasteiger partial charge >= 0.3 is 5.69 Å². The molecule has 0 radical (unpaired) electrons. The number of piperidine rings is 1. The van der Waals surface area contributed by atoms with E-state index in [0.29, 0.717) is 56.5 Å². The molecule has 2 saturated heterocycles. The molecule has 3 aromatic rings. The summed E-state index contributed by atoms with van der Waals surface area (Å²) in [7, 11) is 0. The van der Waals surface area contributed by atoms with Crippen LogP contribution in [0.25, 0.3) is 11.0 Å². The minimum absolute atomic E-state index is 0.0404. The Hall–Kier alpha value is -3.47. The number of nitro groups is 1. The van der Waals surface area contributed by atoms with Gasteiger partial charge in [-0.15, -0.1) is 0 Å². The lowest BCUT2D eigenvalue weighted by Crippen LogP contribution is -2.47. The van der Waals surface area contributed by atoms with Gasteiger partial charge < -0.3 is 19.1 Å². The predicted molar refractivity (Wildman–Crippen MR) is 115 cm³/mol. The van der Waals surface area contributed by atoms with E-state index in [-0.39, 0.29) is 22.7 Å². The van der Waals surface area contributed by atoms with Crippen molar-refractivity contribution in [2.75, 3.05) is 49.2 Å². The largest absolute Gasteiger partial charge is 0.378 e. The van der Waals surface area contributed by atoms with E-state index >= 15 is 0 Å². The van der Waals surface area contributed by atoms with Crippen LogP contribution < -0.4 is 15.4 Å². The zero-order valence-corrected chi connectivity index (χ0v) is 17.3. The van der Waals surface area contributed by atoms with Crippen molar-refractivity contribution < 1.29 is 14.3 Å².